The topological polar surface area (TPSA) is 89.8 Å². The summed E-state index contributed by atoms with van der Waals surface area (Å²) in [7, 11) is 4.86. The molecule has 1 heterocycles. The van der Waals surface area contributed by atoms with Crippen LogP contribution in [-0.4, -0.2) is 35.9 Å². The van der Waals surface area contributed by atoms with Crippen molar-refractivity contribution in [3.05, 3.63) is 70.8 Å². The number of anilines is 1. The Kier molecular flexibility index (Phi) is 7.09. The van der Waals surface area contributed by atoms with Crippen LogP contribution in [0, 0.1) is 19.7 Å². The summed E-state index contributed by atoms with van der Waals surface area (Å²) in [6.07, 6.45) is 0. The Balaban J connectivity index is 1.89. The molecule has 0 aliphatic heterocycles. The SMILES string of the molecule is COc1ccc(C(=O)NC(=NCc2c(C)nn(C)c2C)Nc2ccccc2F)cc1OC. The van der Waals surface area contributed by atoms with Crippen LogP contribution in [0.2, 0.25) is 0 Å². The van der Waals surface area contributed by atoms with Crippen molar-refractivity contribution in [3.8, 4) is 11.5 Å². The third kappa shape index (κ3) is 5.05. The van der Waals surface area contributed by atoms with Crippen molar-refractivity contribution < 1.29 is 18.7 Å². The first kappa shape index (κ1) is 22.8. The normalized spacial score (nSPS) is 11.2. The van der Waals surface area contributed by atoms with Gasteiger partial charge in [-0.25, -0.2) is 9.38 Å². The standard InChI is InChI=1S/C23H26FN5O3/c1-14-17(15(2)29(3)28-14)13-25-23(26-19-9-7-6-8-18(19)24)27-22(30)16-10-11-20(31-4)21(12-16)32-5/h6-12H,13H2,1-5H3,(H2,25,26,27,30). The van der Waals surface area contributed by atoms with E-state index in [2.05, 4.69) is 20.7 Å². The molecule has 0 aliphatic rings. The van der Waals surface area contributed by atoms with Crippen LogP contribution in [-0.2, 0) is 13.6 Å². The van der Waals surface area contributed by atoms with Crippen molar-refractivity contribution in [1.82, 2.24) is 15.1 Å². The van der Waals surface area contributed by atoms with Crippen molar-refractivity contribution in [1.29, 1.82) is 0 Å². The highest BCUT2D eigenvalue weighted by molar-refractivity contribution is 6.10. The first-order valence-electron chi connectivity index (χ1n) is 9.92. The molecule has 3 rings (SSSR count). The molecule has 3 aromatic rings. The monoisotopic (exact) mass is 439 g/mol. The quantitative estimate of drug-likeness (QED) is 0.453. The molecule has 0 saturated heterocycles. The van der Waals surface area contributed by atoms with Crippen molar-refractivity contribution in [2.45, 2.75) is 20.4 Å². The van der Waals surface area contributed by atoms with Gasteiger partial charge in [-0.15, -0.1) is 0 Å². The second-order valence-corrected chi connectivity index (χ2v) is 7.07. The summed E-state index contributed by atoms with van der Waals surface area (Å²) in [5, 5.41) is 9.98. The van der Waals surface area contributed by atoms with Gasteiger partial charge in [0.15, 0.2) is 11.5 Å². The molecule has 168 valence electrons. The fourth-order valence-corrected chi connectivity index (χ4v) is 3.16. The van der Waals surface area contributed by atoms with Gasteiger partial charge in [-0.05, 0) is 44.2 Å². The maximum atomic E-state index is 14.2. The number of halogens is 1. The minimum absolute atomic E-state index is 0.109. The molecule has 1 aromatic heterocycles. The number of carbonyl (C=O) groups excluding carboxylic acids is 1. The molecule has 8 nitrogen and oxygen atoms in total. The van der Waals surface area contributed by atoms with E-state index in [4.69, 9.17) is 9.47 Å². The number of hydrogen-bond donors (Lipinski definition) is 2. The van der Waals surface area contributed by atoms with Gasteiger partial charge in [0, 0.05) is 23.9 Å². The zero-order valence-electron chi connectivity index (χ0n) is 18.7. The number of rotatable bonds is 6. The first-order valence-corrected chi connectivity index (χ1v) is 9.92. The molecule has 32 heavy (non-hydrogen) atoms. The second-order valence-electron chi connectivity index (χ2n) is 7.07. The van der Waals surface area contributed by atoms with Crippen LogP contribution < -0.4 is 20.1 Å². The highest BCUT2D eigenvalue weighted by atomic mass is 19.1. The van der Waals surface area contributed by atoms with Gasteiger partial charge in [-0.1, -0.05) is 12.1 Å². The number of aliphatic imine (C=N–C) groups is 1. The molecular weight excluding hydrogens is 413 g/mol. The second kappa shape index (κ2) is 9.95. The molecule has 9 heteroatoms. The van der Waals surface area contributed by atoms with Gasteiger partial charge >= 0.3 is 0 Å². The number of nitrogens with one attached hydrogen (secondary N) is 2. The van der Waals surface area contributed by atoms with Crippen LogP contribution in [0.15, 0.2) is 47.5 Å². The average Bonchev–Trinajstić information content (AvgIpc) is 3.03. The van der Waals surface area contributed by atoms with Gasteiger partial charge < -0.3 is 14.8 Å². The summed E-state index contributed by atoms with van der Waals surface area (Å²) in [5.41, 5.74) is 3.26. The molecule has 0 aliphatic carbocycles. The molecule has 0 spiro atoms. The number of amides is 1. The van der Waals surface area contributed by atoms with Crippen molar-refractivity contribution in [2.75, 3.05) is 19.5 Å². The number of benzene rings is 2. The zero-order valence-corrected chi connectivity index (χ0v) is 18.7. The summed E-state index contributed by atoms with van der Waals surface area (Å²) < 4.78 is 26.5. The zero-order chi connectivity index (χ0) is 23.3. The van der Waals surface area contributed by atoms with E-state index in [0.29, 0.717) is 17.1 Å². The van der Waals surface area contributed by atoms with Crippen molar-refractivity contribution >= 4 is 17.6 Å². The Labute approximate surface area is 186 Å². The number of methoxy groups -OCH3 is 2. The number of carbonyl (C=O) groups is 1. The molecular formula is C23H26FN5O3. The number of para-hydroxylation sites is 1. The third-order valence-electron chi connectivity index (χ3n) is 5.06. The number of nitrogens with zero attached hydrogens (tertiary/aromatic N) is 3. The highest BCUT2D eigenvalue weighted by Gasteiger charge is 2.15. The van der Waals surface area contributed by atoms with Gasteiger partial charge in [0.25, 0.3) is 5.91 Å². The lowest BCUT2D eigenvalue weighted by Gasteiger charge is -2.14. The predicted molar refractivity (Wildman–Crippen MR) is 121 cm³/mol. The van der Waals surface area contributed by atoms with Crippen LogP contribution in [0.5, 0.6) is 11.5 Å². The molecule has 1 amide bonds. The Morgan fingerprint density at radius 3 is 2.47 bits per heavy atom. The van der Waals surface area contributed by atoms with E-state index < -0.39 is 11.7 Å². The Hall–Kier alpha value is -3.88. The summed E-state index contributed by atoms with van der Waals surface area (Å²) in [5.74, 6) is 0.132. The molecule has 0 saturated carbocycles. The molecule has 2 N–H and O–H groups in total. The van der Waals surface area contributed by atoms with Crippen LogP contribution in [0.4, 0.5) is 10.1 Å². The number of aryl methyl sites for hydroxylation is 2. The molecule has 2 aromatic carbocycles. The number of hydrogen-bond acceptors (Lipinski definition) is 5. The van der Waals surface area contributed by atoms with E-state index in [1.807, 2.05) is 20.9 Å². The summed E-state index contributed by atoms with van der Waals surface area (Å²) in [6, 6.07) is 11.0. The minimum Gasteiger partial charge on any atom is -0.493 e. The maximum Gasteiger partial charge on any atom is 0.258 e. The lowest BCUT2D eigenvalue weighted by molar-refractivity contribution is 0.0976. The van der Waals surface area contributed by atoms with E-state index in [0.717, 1.165) is 17.0 Å². The van der Waals surface area contributed by atoms with Gasteiger partial charge in [-0.3, -0.25) is 14.8 Å². The third-order valence-corrected chi connectivity index (χ3v) is 5.06. The maximum absolute atomic E-state index is 14.2. The van der Waals surface area contributed by atoms with Gasteiger partial charge in [0.05, 0.1) is 32.1 Å². The van der Waals surface area contributed by atoms with Crippen LogP contribution in [0.1, 0.15) is 27.3 Å². The van der Waals surface area contributed by atoms with Gasteiger partial charge in [-0.2, -0.15) is 5.10 Å². The number of guanidine groups is 1. The Bertz CT molecular complexity index is 1160. The van der Waals surface area contributed by atoms with E-state index >= 15 is 0 Å². The van der Waals surface area contributed by atoms with Crippen LogP contribution >= 0.6 is 0 Å². The first-order chi connectivity index (χ1) is 15.3. The van der Waals surface area contributed by atoms with E-state index in [1.165, 1.54) is 20.3 Å². The lowest BCUT2D eigenvalue weighted by Crippen LogP contribution is -2.36. The lowest BCUT2D eigenvalue weighted by atomic mass is 10.2. The van der Waals surface area contributed by atoms with Crippen LogP contribution in [0.25, 0.3) is 0 Å². The molecule has 0 fully saturated rings. The highest BCUT2D eigenvalue weighted by Crippen LogP contribution is 2.27. The molecule has 0 radical (unpaired) electrons. The summed E-state index contributed by atoms with van der Waals surface area (Å²) >= 11 is 0. The Morgan fingerprint density at radius 2 is 1.84 bits per heavy atom. The van der Waals surface area contributed by atoms with Crippen molar-refractivity contribution in [3.63, 3.8) is 0 Å². The van der Waals surface area contributed by atoms with E-state index in [-0.39, 0.29) is 18.2 Å². The summed E-state index contributed by atoms with van der Waals surface area (Å²) in [6.45, 7) is 4.09. The predicted octanol–water partition coefficient (Wildman–Crippen LogP) is 3.59. The Morgan fingerprint density at radius 1 is 1.12 bits per heavy atom. The van der Waals surface area contributed by atoms with Crippen LogP contribution in [0.3, 0.4) is 0 Å². The minimum atomic E-state index is -0.464. The van der Waals surface area contributed by atoms with Gasteiger partial charge in [0.1, 0.15) is 5.82 Å². The van der Waals surface area contributed by atoms with Gasteiger partial charge in [0.2, 0.25) is 5.96 Å². The average molecular weight is 439 g/mol. The van der Waals surface area contributed by atoms with Crippen molar-refractivity contribution in [2.24, 2.45) is 12.0 Å². The summed E-state index contributed by atoms with van der Waals surface area (Å²) in [4.78, 5) is 17.4. The number of aromatic nitrogens is 2. The number of ether oxygens (including phenoxy) is 2. The molecule has 0 unspecified atom stereocenters. The molecule has 0 bridgehead atoms. The van der Waals surface area contributed by atoms with E-state index in [9.17, 15) is 9.18 Å². The molecule has 0 atom stereocenters. The smallest absolute Gasteiger partial charge is 0.258 e. The largest absolute Gasteiger partial charge is 0.493 e. The fraction of sp³-hybridized carbons (Fsp3) is 0.261. The van der Waals surface area contributed by atoms with E-state index in [1.54, 1.807) is 41.1 Å². The fourth-order valence-electron chi connectivity index (χ4n) is 3.16.